The average molecular weight is 389 g/mol. The summed E-state index contributed by atoms with van der Waals surface area (Å²) in [5, 5.41) is 9.18. The second kappa shape index (κ2) is 7.90. The van der Waals surface area contributed by atoms with Crippen molar-refractivity contribution in [2.75, 3.05) is 13.2 Å². The lowest BCUT2D eigenvalue weighted by atomic mass is 9.61. The molecule has 1 heterocycles. The summed E-state index contributed by atoms with van der Waals surface area (Å²) in [6, 6.07) is 1.82. The summed E-state index contributed by atoms with van der Waals surface area (Å²) >= 11 is 0. The van der Waals surface area contributed by atoms with Crippen LogP contribution in [0.5, 0.6) is 0 Å². The molecule has 0 aromatic heterocycles. The van der Waals surface area contributed by atoms with Gasteiger partial charge in [0.05, 0.1) is 12.0 Å². The lowest BCUT2D eigenvalue weighted by Gasteiger charge is -2.43. The molecule has 0 aromatic carbocycles. The fourth-order valence-electron chi connectivity index (χ4n) is 3.29. The molecule has 1 atom stereocenters. The van der Waals surface area contributed by atoms with Gasteiger partial charge in [-0.2, -0.15) is 5.26 Å². The molecule has 0 aromatic rings. The number of hydrogen-bond donors (Lipinski definition) is 0. The Kier molecular flexibility index (Phi) is 6.67. The maximum absolute atomic E-state index is 12.9. The van der Waals surface area contributed by atoms with Gasteiger partial charge in [0.2, 0.25) is 0 Å². The summed E-state index contributed by atoms with van der Waals surface area (Å²) in [4.78, 5) is 38.6. The van der Waals surface area contributed by atoms with E-state index < -0.39 is 17.2 Å². The van der Waals surface area contributed by atoms with Crippen LogP contribution in [0.25, 0.3) is 0 Å². The van der Waals surface area contributed by atoms with Gasteiger partial charge in [-0.25, -0.2) is 0 Å². The van der Waals surface area contributed by atoms with Gasteiger partial charge in [0.1, 0.15) is 18.2 Å². The summed E-state index contributed by atoms with van der Waals surface area (Å²) < 4.78 is 5.50. The molecule has 1 unspecified atom stereocenters. The highest BCUT2D eigenvalue weighted by Crippen LogP contribution is 2.47. The molecule has 28 heavy (non-hydrogen) atoms. The molecule has 154 valence electrons. The maximum atomic E-state index is 12.9. The third-order valence-corrected chi connectivity index (χ3v) is 5.44. The number of nitriles is 1. The Balaban J connectivity index is 2.93. The standard InChI is InChI=1S/C22H32N2O4/c1-14-15(2)17(25)24(18(26)16(14)12-23)10-11-28-19(27)22(9,21(6,7)8)13-20(3,4)5/h2,10-11,13H2,1,3-9H3. The highest BCUT2D eigenvalue weighted by Gasteiger charge is 2.47. The number of amides is 2. The molecule has 0 bridgehead atoms. The summed E-state index contributed by atoms with van der Waals surface area (Å²) in [5.74, 6) is -1.61. The smallest absolute Gasteiger partial charge is 0.312 e. The van der Waals surface area contributed by atoms with Gasteiger partial charge >= 0.3 is 5.97 Å². The molecule has 0 N–H and O–H groups in total. The van der Waals surface area contributed by atoms with Crippen molar-refractivity contribution >= 4 is 17.8 Å². The van der Waals surface area contributed by atoms with E-state index in [9.17, 15) is 19.6 Å². The minimum Gasteiger partial charge on any atom is -0.463 e. The molecule has 1 aliphatic rings. The van der Waals surface area contributed by atoms with Crippen molar-refractivity contribution in [3.05, 3.63) is 23.3 Å². The van der Waals surface area contributed by atoms with Crippen molar-refractivity contribution in [1.29, 1.82) is 5.26 Å². The molecular weight excluding hydrogens is 356 g/mol. The lowest BCUT2D eigenvalue weighted by Crippen LogP contribution is -2.47. The zero-order chi connectivity index (χ0) is 22.1. The van der Waals surface area contributed by atoms with Crippen LogP contribution < -0.4 is 0 Å². The predicted octanol–water partition coefficient (Wildman–Crippen LogP) is 3.78. The molecule has 1 rings (SSSR count). The molecule has 0 saturated carbocycles. The van der Waals surface area contributed by atoms with Gasteiger partial charge in [-0.05, 0) is 36.7 Å². The van der Waals surface area contributed by atoms with Gasteiger partial charge in [0.25, 0.3) is 11.8 Å². The van der Waals surface area contributed by atoms with Crippen molar-refractivity contribution in [3.8, 4) is 6.07 Å². The minimum absolute atomic E-state index is 0.0817. The molecule has 0 spiro atoms. The van der Waals surface area contributed by atoms with Gasteiger partial charge in [0.15, 0.2) is 0 Å². The van der Waals surface area contributed by atoms with Crippen LogP contribution in [0.1, 0.15) is 61.8 Å². The second-order valence-electron chi connectivity index (χ2n) is 9.81. The molecule has 6 nitrogen and oxygen atoms in total. The summed E-state index contributed by atoms with van der Waals surface area (Å²) in [6.07, 6.45) is 0.626. The Morgan fingerprint density at radius 2 is 1.64 bits per heavy atom. The largest absolute Gasteiger partial charge is 0.463 e. The van der Waals surface area contributed by atoms with E-state index in [1.807, 2.05) is 33.8 Å². The van der Waals surface area contributed by atoms with Crippen LogP contribution in [0.2, 0.25) is 0 Å². The molecule has 0 saturated heterocycles. The highest BCUT2D eigenvalue weighted by atomic mass is 16.5. The van der Waals surface area contributed by atoms with Crippen molar-refractivity contribution in [1.82, 2.24) is 4.90 Å². The third-order valence-electron chi connectivity index (χ3n) is 5.44. The van der Waals surface area contributed by atoms with E-state index in [-0.39, 0.29) is 46.7 Å². The molecular formula is C22H32N2O4. The van der Waals surface area contributed by atoms with Crippen LogP contribution in [-0.4, -0.2) is 35.8 Å². The van der Waals surface area contributed by atoms with Crippen LogP contribution in [0, 0.1) is 27.6 Å². The summed E-state index contributed by atoms with van der Waals surface area (Å²) in [7, 11) is 0. The van der Waals surface area contributed by atoms with E-state index in [0.717, 1.165) is 4.90 Å². The number of nitrogens with zero attached hydrogens (tertiary/aromatic N) is 2. The molecule has 6 heteroatoms. The zero-order valence-corrected chi connectivity index (χ0v) is 18.4. The van der Waals surface area contributed by atoms with Crippen molar-refractivity contribution in [2.45, 2.75) is 61.8 Å². The van der Waals surface area contributed by atoms with E-state index in [1.165, 1.54) is 6.92 Å². The number of esters is 1. The Hall–Kier alpha value is -2.42. The number of ether oxygens (including phenoxy) is 1. The van der Waals surface area contributed by atoms with Crippen LogP contribution in [-0.2, 0) is 19.1 Å². The lowest BCUT2D eigenvalue weighted by molar-refractivity contribution is -0.166. The fraction of sp³-hybridized carbons (Fsp3) is 0.636. The first-order chi connectivity index (χ1) is 12.6. The molecule has 0 radical (unpaired) electrons. The Labute approximate surface area is 168 Å². The molecule has 0 fully saturated rings. The van der Waals surface area contributed by atoms with Crippen molar-refractivity contribution in [3.63, 3.8) is 0 Å². The first-order valence-corrected chi connectivity index (χ1v) is 9.40. The van der Waals surface area contributed by atoms with E-state index in [1.54, 1.807) is 0 Å². The van der Waals surface area contributed by atoms with Crippen molar-refractivity contribution < 1.29 is 19.1 Å². The van der Waals surface area contributed by atoms with E-state index in [4.69, 9.17) is 4.74 Å². The Morgan fingerprint density at radius 3 is 2.07 bits per heavy atom. The predicted molar refractivity (Wildman–Crippen MR) is 107 cm³/mol. The van der Waals surface area contributed by atoms with Crippen LogP contribution in [0.3, 0.4) is 0 Å². The first kappa shape index (κ1) is 23.6. The van der Waals surface area contributed by atoms with Crippen molar-refractivity contribution in [2.24, 2.45) is 16.2 Å². The first-order valence-electron chi connectivity index (χ1n) is 9.40. The van der Waals surface area contributed by atoms with Crippen LogP contribution >= 0.6 is 0 Å². The van der Waals surface area contributed by atoms with Crippen LogP contribution in [0.15, 0.2) is 23.3 Å². The minimum atomic E-state index is -0.737. The number of carbonyl (C=O) groups excluding carboxylic acids is 3. The molecule has 2 amide bonds. The zero-order valence-electron chi connectivity index (χ0n) is 18.4. The van der Waals surface area contributed by atoms with Gasteiger partial charge in [-0.15, -0.1) is 0 Å². The number of carbonyl (C=O) groups is 3. The topological polar surface area (TPSA) is 87.5 Å². The summed E-state index contributed by atoms with van der Waals surface area (Å²) in [5.41, 5.74) is -0.870. The number of rotatable bonds is 5. The SMILES string of the molecule is C=C1C(=O)N(CCOC(=O)C(C)(CC(C)(C)C)C(C)(C)C)C(=O)C(C#N)=C1C. The normalized spacial score (nSPS) is 18.1. The van der Waals surface area contributed by atoms with E-state index in [2.05, 4.69) is 27.4 Å². The fourth-order valence-corrected chi connectivity index (χ4v) is 3.29. The number of imide groups is 1. The monoisotopic (exact) mass is 388 g/mol. The summed E-state index contributed by atoms with van der Waals surface area (Å²) in [6.45, 7) is 19.0. The van der Waals surface area contributed by atoms with Gasteiger partial charge in [-0.3, -0.25) is 19.3 Å². The Morgan fingerprint density at radius 1 is 1.11 bits per heavy atom. The molecule has 0 aliphatic carbocycles. The third kappa shape index (κ3) is 4.70. The number of hydrogen-bond acceptors (Lipinski definition) is 5. The van der Waals surface area contributed by atoms with Gasteiger partial charge in [0, 0.05) is 5.57 Å². The average Bonchev–Trinajstić information content (AvgIpc) is 2.53. The van der Waals surface area contributed by atoms with Gasteiger partial charge in [-0.1, -0.05) is 48.1 Å². The Bertz CT molecular complexity index is 772. The quantitative estimate of drug-likeness (QED) is 0.406. The van der Waals surface area contributed by atoms with E-state index >= 15 is 0 Å². The van der Waals surface area contributed by atoms with E-state index in [0.29, 0.717) is 6.42 Å². The highest BCUT2D eigenvalue weighted by molar-refractivity contribution is 6.17. The molecule has 1 aliphatic heterocycles. The van der Waals surface area contributed by atoms with Gasteiger partial charge < -0.3 is 4.74 Å². The van der Waals surface area contributed by atoms with Crippen LogP contribution in [0.4, 0.5) is 0 Å². The maximum Gasteiger partial charge on any atom is 0.312 e. The second-order valence-corrected chi connectivity index (χ2v) is 9.81.